The number of benzene rings is 2. The van der Waals surface area contributed by atoms with Gasteiger partial charge in [-0.3, -0.25) is 4.79 Å². The molecule has 1 heterocycles. The number of para-hydroxylation sites is 1. The monoisotopic (exact) mass is 456 g/mol. The van der Waals surface area contributed by atoms with Crippen molar-refractivity contribution < 1.29 is 22.7 Å². The number of carbonyl (C=O) groups excluding carboxylic acids is 2. The van der Waals surface area contributed by atoms with E-state index in [1.165, 1.54) is 19.1 Å². The molecule has 0 radical (unpaired) electrons. The minimum Gasteiger partial charge on any atom is -0.449 e. The maximum atomic E-state index is 12.8. The first-order valence-corrected chi connectivity index (χ1v) is 12.1. The maximum Gasteiger partial charge on any atom is 0.331 e. The van der Waals surface area contributed by atoms with Crippen molar-refractivity contribution in [1.82, 2.24) is 4.31 Å². The zero-order chi connectivity index (χ0) is 23.0. The van der Waals surface area contributed by atoms with Crippen molar-refractivity contribution in [2.45, 2.75) is 43.6 Å². The molecule has 1 amide bonds. The summed E-state index contributed by atoms with van der Waals surface area (Å²) in [6.07, 6.45) is 5.63. The average Bonchev–Trinajstić information content (AvgIpc) is 3.09. The van der Waals surface area contributed by atoms with E-state index in [9.17, 15) is 18.0 Å². The lowest BCUT2D eigenvalue weighted by Crippen LogP contribution is -2.31. The summed E-state index contributed by atoms with van der Waals surface area (Å²) in [7, 11) is -3.51. The molecular weight excluding hydrogens is 428 g/mol. The largest absolute Gasteiger partial charge is 0.449 e. The molecule has 32 heavy (non-hydrogen) atoms. The molecule has 170 valence electrons. The minimum atomic E-state index is -3.51. The minimum absolute atomic E-state index is 0.241. The highest BCUT2D eigenvalue weighted by atomic mass is 32.2. The highest BCUT2D eigenvalue weighted by Crippen LogP contribution is 2.21. The number of nitrogens with zero attached hydrogens (tertiary/aromatic N) is 1. The Morgan fingerprint density at radius 2 is 1.59 bits per heavy atom. The van der Waals surface area contributed by atoms with E-state index in [0.29, 0.717) is 24.3 Å². The summed E-state index contributed by atoms with van der Waals surface area (Å²) >= 11 is 0. The van der Waals surface area contributed by atoms with Crippen LogP contribution in [0, 0.1) is 0 Å². The van der Waals surface area contributed by atoms with Gasteiger partial charge >= 0.3 is 5.97 Å². The highest BCUT2D eigenvalue weighted by molar-refractivity contribution is 7.89. The second kappa shape index (κ2) is 11.1. The van der Waals surface area contributed by atoms with Crippen molar-refractivity contribution in [2.24, 2.45) is 0 Å². The summed E-state index contributed by atoms with van der Waals surface area (Å²) in [5.74, 6) is -1.09. The van der Waals surface area contributed by atoms with E-state index in [0.717, 1.165) is 25.7 Å². The maximum absolute atomic E-state index is 12.8. The standard InChI is InChI=1S/C24H28N2O5S/c1-19(24(28)25-21-9-5-4-6-10-21)31-23(27)16-13-20-11-14-22(15-12-20)32(29,30)26-17-7-2-3-8-18-26/h4-6,9-16,19H,2-3,7-8,17-18H2,1H3,(H,25,28)/b16-13+. The van der Waals surface area contributed by atoms with Gasteiger partial charge in [-0.2, -0.15) is 4.31 Å². The van der Waals surface area contributed by atoms with Crippen molar-refractivity contribution in [3.8, 4) is 0 Å². The summed E-state index contributed by atoms with van der Waals surface area (Å²) in [6.45, 7) is 2.59. The Kier molecular flexibility index (Phi) is 8.19. The van der Waals surface area contributed by atoms with Gasteiger partial charge in [0.1, 0.15) is 0 Å². The Labute approximate surface area is 189 Å². The summed E-state index contributed by atoms with van der Waals surface area (Å²) < 4.78 is 32.3. The molecule has 2 aromatic carbocycles. The number of sulfonamides is 1. The van der Waals surface area contributed by atoms with Gasteiger partial charge in [0, 0.05) is 24.9 Å². The predicted octanol–water partition coefficient (Wildman–Crippen LogP) is 3.83. The van der Waals surface area contributed by atoms with Gasteiger partial charge in [-0.05, 0) is 55.7 Å². The van der Waals surface area contributed by atoms with Gasteiger partial charge in [-0.15, -0.1) is 0 Å². The van der Waals surface area contributed by atoms with E-state index in [1.54, 1.807) is 52.8 Å². The molecule has 0 saturated carbocycles. The average molecular weight is 457 g/mol. The molecule has 1 atom stereocenters. The zero-order valence-corrected chi connectivity index (χ0v) is 18.9. The zero-order valence-electron chi connectivity index (χ0n) is 18.1. The highest BCUT2D eigenvalue weighted by Gasteiger charge is 2.24. The van der Waals surface area contributed by atoms with E-state index in [4.69, 9.17) is 4.74 Å². The van der Waals surface area contributed by atoms with Gasteiger partial charge in [0.25, 0.3) is 5.91 Å². The fourth-order valence-electron chi connectivity index (χ4n) is 3.38. The molecule has 1 aliphatic heterocycles. The lowest BCUT2D eigenvalue weighted by atomic mass is 10.2. The molecule has 1 saturated heterocycles. The van der Waals surface area contributed by atoms with E-state index in [1.807, 2.05) is 6.07 Å². The molecule has 3 rings (SSSR count). The Hall–Kier alpha value is -2.97. The van der Waals surface area contributed by atoms with Crippen molar-refractivity contribution in [3.05, 3.63) is 66.2 Å². The number of esters is 1. The smallest absolute Gasteiger partial charge is 0.331 e. The van der Waals surface area contributed by atoms with E-state index in [-0.39, 0.29) is 4.90 Å². The van der Waals surface area contributed by atoms with Crippen LogP contribution < -0.4 is 5.32 Å². The molecule has 0 spiro atoms. The lowest BCUT2D eigenvalue weighted by Gasteiger charge is -2.19. The third-order valence-electron chi connectivity index (χ3n) is 5.20. The van der Waals surface area contributed by atoms with Crippen molar-refractivity contribution in [1.29, 1.82) is 0 Å². The van der Waals surface area contributed by atoms with Crippen LogP contribution in [0.1, 0.15) is 38.2 Å². The number of hydrogen-bond donors (Lipinski definition) is 1. The molecule has 0 aromatic heterocycles. The van der Waals surface area contributed by atoms with Gasteiger partial charge in [0.2, 0.25) is 10.0 Å². The quantitative estimate of drug-likeness (QED) is 0.505. The number of amides is 1. The molecule has 0 aliphatic carbocycles. The normalized spacial score (nSPS) is 16.3. The summed E-state index contributed by atoms with van der Waals surface area (Å²) in [5.41, 5.74) is 1.27. The summed E-state index contributed by atoms with van der Waals surface area (Å²) in [4.78, 5) is 24.4. The molecule has 0 bridgehead atoms. The second-order valence-corrected chi connectivity index (χ2v) is 9.59. The Bertz CT molecular complexity index is 1040. The Morgan fingerprint density at radius 3 is 2.22 bits per heavy atom. The molecule has 8 heteroatoms. The van der Waals surface area contributed by atoms with Gasteiger partial charge < -0.3 is 10.1 Å². The van der Waals surface area contributed by atoms with Gasteiger partial charge in [0.15, 0.2) is 6.10 Å². The predicted molar refractivity (Wildman–Crippen MR) is 123 cm³/mol. The molecule has 2 aromatic rings. The fourth-order valence-corrected chi connectivity index (χ4v) is 4.90. The van der Waals surface area contributed by atoms with E-state index < -0.39 is 28.0 Å². The number of carbonyl (C=O) groups is 2. The van der Waals surface area contributed by atoms with Crippen molar-refractivity contribution >= 4 is 33.7 Å². The van der Waals surface area contributed by atoms with Crippen LogP contribution in [-0.4, -0.2) is 43.8 Å². The van der Waals surface area contributed by atoms with Crippen LogP contribution in [0.25, 0.3) is 6.08 Å². The third kappa shape index (κ3) is 6.51. The first kappa shape index (κ1) is 23.7. The summed E-state index contributed by atoms with van der Waals surface area (Å²) in [6, 6.07) is 15.3. The van der Waals surface area contributed by atoms with Crippen LogP contribution in [-0.2, 0) is 24.3 Å². The van der Waals surface area contributed by atoms with Crippen LogP contribution in [0.15, 0.2) is 65.6 Å². The first-order valence-electron chi connectivity index (χ1n) is 10.7. The van der Waals surface area contributed by atoms with Gasteiger partial charge in [-0.1, -0.05) is 43.2 Å². The molecule has 1 fully saturated rings. The summed E-state index contributed by atoms with van der Waals surface area (Å²) in [5, 5.41) is 2.67. The molecule has 1 unspecified atom stereocenters. The Balaban J connectivity index is 1.55. The van der Waals surface area contributed by atoms with Crippen LogP contribution in [0.5, 0.6) is 0 Å². The fraction of sp³-hybridized carbons (Fsp3) is 0.333. The second-order valence-electron chi connectivity index (χ2n) is 7.66. The van der Waals surface area contributed by atoms with Gasteiger partial charge in [-0.25, -0.2) is 13.2 Å². The number of nitrogens with one attached hydrogen (secondary N) is 1. The Morgan fingerprint density at radius 1 is 0.969 bits per heavy atom. The number of anilines is 1. The number of hydrogen-bond acceptors (Lipinski definition) is 5. The third-order valence-corrected chi connectivity index (χ3v) is 7.11. The van der Waals surface area contributed by atoms with E-state index in [2.05, 4.69) is 5.32 Å². The van der Waals surface area contributed by atoms with Crippen LogP contribution in [0.2, 0.25) is 0 Å². The van der Waals surface area contributed by atoms with Crippen molar-refractivity contribution in [2.75, 3.05) is 18.4 Å². The topological polar surface area (TPSA) is 92.8 Å². The van der Waals surface area contributed by atoms with E-state index >= 15 is 0 Å². The first-order chi connectivity index (χ1) is 15.4. The molecule has 1 aliphatic rings. The lowest BCUT2D eigenvalue weighted by molar-refractivity contribution is -0.148. The number of ether oxygens (including phenoxy) is 1. The molecular formula is C24H28N2O5S. The van der Waals surface area contributed by atoms with Gasteiger partial charge in [0.05, 0.1) is 4.90 Å². The molecule has 1 N–H and O–H groups in total. The SMILES string of the molecule is CC(OC(=O)/C=C/c1ccc(S(=O)(=O)N2CCCCCC2)cc1)C(=O)Nc1ccccc1. The van der Waals surface area contributed by atoms with Crippen LogP contribution >= 0.6 is 0 Å². The molecule has 7 nitrogen and oxygen atoms in total. The van der Waals surface area contributed by atoms with Crippen molar-refractivity contribution in [3.63, 3.8) is 0 Å². The number of rotatable bonds is 7. The van der Waals surface area contributed by atoms with Crippen LogP contribution in [0.4, 0.5) is 5.69 Å². The van der Waals surface area contributed by atoms with Crippen LogP contribution in [0.3, 0.4) is 0 Å².